The summed E-state index contributed by atoms with van der Waals surface area (Å²) in [6.45, 7) is 5.17. The van der Waals surface area contributed by atoms with Crippen molar-refractivity contribution < 1.29 is 49.0 Å². The monoisotopic (exact) mass is 490 g/mol. The summed E-state index contributed by atoms with van der Waals surface area (Å²) in [6.07, 6.45) is 1.18. The second-order valence-electron chi connectivity index (χ2n) is 8.51. The Balaban J connectivity index is 0.00000364. The molecule has 0 aliphatic carbocycles. The first kappa shape index (κ1) is 24.3. The van der Waals surface area contributed by atoms with E-state index in [1.54, 1.807) is 20.8 Å². The Labute approximate surface area is 186 Å². The van der Waals surface area contributed by atoms with Crippen LogP contribution in [0.1, 0.15) is 26.3 Å². The van der Waals surface area contributed by atoms with Gasteiger partial charge < -0.3 is 0 Å². The number of hydrogen-bond donors (Lipinski definition) is 2. The number of carboxylic acid groups (broad SMARTS) is 1. The van der Waals surface area contributed by atoms with Gasteiger partial charge in [0.25, 0.3) is 0 Å². The van der Waals surface area contributed by atoms with Gasteiger partial charge in [-0.05, 0) is 0 Å². The molecule has 2 rings (SSSR count). The number of aliphatic carboxylic acids is 1. The molecule has 2 aromatic rings. The van der Waals surface area contributed by atoms with Crippen LogP contribution in [0.25, 0.3) is 10.9 Å². The van der Waals surface area contributed by atoms with Crippen LogP contribution in [0.3, 0.4) is 0 Å². The summed E-state index contributed by atoms with van der Waals surface area (Å²) in [4.78, 5) is 33.7. The SMILES string of the molecule is CC(C)(C)OC(=O)N[C@H](Cc1c[nH]c2[c]([Sn]([CH3])([CH3])[CH3])cccc12)C(=O)[O-].[Na+]. The fourth-order valence-corrected chi connectivity index (χ4v) is 7.30. The number of aromatic amines is 1. The zero-order valence-electron chi connectivity index (χ0n) is 17.2. The number of rotatable bonds is 5. The number of H-pyrrole nitrogens is 1. The maximum absolute atomic E-state index is 11.9. The maximum atomic E-state index is 11.9. The molecule has 0 radical (unpaired) electrons. The molecule has 142 valence electrons. The Morgan fingerprint density at radius 1 is 1.26 bits per heavy atom. The predicted molar refractivity (Wildman–Crippen MR) is 103 cm³/mol. The fourth-order valence-electron chi connectivity index (χ4n) is 2.87. The fraction of sp³-hybridized carbons (Fsp3) is 0.474. The summed E-state index contributed by atoms with van der Waals surface area (Å²) >= 11 is -2.32. The summed E-state index contributed by atoms with van der Waals surface area (Å²) in [5.41, 5.74) is 1.21. The molecule has 1 heterocycles. The number of amides is 1. The topological polar surface area (TPSA) is 94.2 Å². The first-order chi connectivity index (χ1) is 11.9. The normalized spacial score (nSPS) is 13.0. The van der Waals surface area contributed by atoms with Crippen LogP contribution in [0.2, 0.25) is 14.8 Å². The molecule has 1 aromatic carbocycles. The van der Waals surface area contributed by atoms with Gasteiger partial charge in [-0.3, -0.25) is 0 Å². The van der Waals surface area contributed by atoms with Gasteiger partial charge in [0.05, 0.1) is 0 Å². The van der Waals surface area contributed by atoms with Crippen LogP contribution in [-0.4, -0.2) is 47.1 Å². The molecule has 0 bridgehead atoms. The average Bonchev–Trinajstić information content (AvgIpc) is 2.86. The number of ether oxygens (including phenoxy) is 1. The minimum Gasteiger partial charge on any atom is 1.00 e. The van der Waals surface area contributed by atoms with Gasteiger partial charge in [-0.2, -0.15) is 0 Å². The molecule has 2 N–H and O–H groups in total. The zero-order chi connectivity index (χ0) is 19.7. The van der Waals surface area contributed by atoms with E-state index in [1.807, 2.05) is 18.3 Å². The molecule has 0 spiro atoms. The molecule has 6 nitrogen and oxygen atoms in total. The van der Waals surface area contributed by atoms with Crippen LogP contribution in [0, 0.1) is 0 Å². The number of carbonyl (C=O) groups excluding carboxylic acids is 2. The molecule has 1 aromatic heterocycles. The van der Waals surface area contributed by atoms with Gasteiger partial charge in [0.2, 0.25) is 0 Å². The first-order valence-electron chi connectivity index (χ1n) is 8.68. The number of para-hydroxylation sites is 1. The van der Waals surface area contributed by atoms with Crippen molar-refractivity contribution in [3.8, 4) is 0 Å². The molecule has 0 unspecified atom stereocenters. The number of alkyl carbamates (subject to hydrolysis) is 1. The Morgan fingerprint density at radius 3 is 2.41 bits per heavy atom. The van der Waals surface area contributed by atoms with Crippen LogP contribution in [0.4, 0.5) is 4.79 Å². The Kier molecular flexibility index (Phi) is 8.29. The third-order valence-corrected chi connectivity index (χ3v) is 9.81. The van der Waals surface area contributed by atoms with Gasteiger partial charge in [0.1, 0.15) is 0 Å². The summed E-state index contributed by atoms with van der Waals surface area (Å²) in [5, 5.41) is 14.9. The molecule has 27 heavy (non-hydrogen) atoms. The van der Waals surface area contributed by atoms with Crippen molar-refractivity contribution in [2.45, 2.75) is 53.7 Å². The number of benzene rings is 1. The van der Waals surface area contributed by atoms with E-state index in [0.717, 1.165) is 16.5 Å². The third-order valence-electron chi connectivity index (χ3n) is 4.01. The standard InChI is InChI=1S/C16H19N2O4.3CH3.Na.Sn/c1-16(2,3)22-15(21)18-13(14(19)20)8-10-9-17-12-7-5-4-6-11(10)12;;;;;/h4-6,9,13,17H,8H2,1-3H3,(H,18,21)(H,19,20);3*1H3;;/q;;;;+1;/p-1/t13-;;;;;/m1...../s1. The maximum Gasteiger partial charge on any atom is 1.00 e. The van der Waals surface area contributed by atoms with Gasteiger partial charge in [-0.15, -0.1) is 0 Å². The van der Waals surface area contributed by atoms with Crippen molar-refractivity contribution in [2.75, 3.05) is 0 Å². The molecule has 0 fully saturated rings. The van der Waals surface area contributed by atoms with Gasteiger partial charge in [0, 0.05) is 0 Å². The molecule has 0 aliphatic rings. The van der Waals surface area contributed by atoms with Crippen molar-refractivity contribution in [3.63, 3.8) is 0 Å². The Morgan fingerprint density at radius 2 is 1.89 bits per heavy atom. The van der Waals surface area contributed by atoms with Gasteiger partial charge in [-0.25, -0.2) is 0 Å². The van der Waals surface area contributed by atoms with Crippen LogP contribution in [0.5, 0.6) is 0 Å². The predicted octanol–water partition coefficient (Wildman–Crippen LogP) is -1.10. The minimum absolute atomic E-state index is 0. The number of hydrogen-bond acceptors (Lipinski definition) is 4. The van der Waals surface area contributed by atoms with E-state index in [-0.39, 0.29) is 36.0 Å². The zero-order valence-corrected chi connectivity index (χ0v) is 22.1. The Bertz CT molecular complexity index is 821. The average molecular weight is 489 g/mol. The number of carboxylic acids is 1. The van der Waals surface area contributed by atoms with Gasteiger partial charge in [-0.1, -0.05) is 0 Å². The minimum atomic E-state index is -2.32. The van der Waals surface area contributed by atoms with Crippen molar-refractivity contribution >= 4 is 44.9 Å². The van der Waals surface area contributed by atoms with E-state index in [4.69, 9.17) is 4.74 Å². The summed E-state index contributed by atoms with van der Waals surface area (Å²) in [6, 6.07) is 4.97. The quantitative estimate of drug-likeness (QED) is 0.522. The van der Waals surface area contributed by atoms with Crippen LogP contribution < -0.4 is 43.6 Å². The smallest absolute Gasteiger partial charge is 1.00 e. The third kappa shape index (κ3) is 6.69. The molecular weight excluding hydrogens is 462 g/mol. The van der Waals surface area contributed by atoms with E-state index in [9.17, 15) is 14.7 Å². The van der Waals surface area contributed by atoms with Crippen molar-refractivity contribution in [3.05, 3.63) is 30.0 Å². The van der Waals surface area contributed by atoms with E-state index in [2.05, 4.69) is 31.2 Å². The molecular formula is C19H27N2NaO4Sn. The van der Waals surface area contributed by atoms with Crippen molar-refractivity contribution in [1.29, 1.82) is 0 Å². The van der Waals surface area contributed by atoms with Crippen molar-refractivity contribution in [1.82, 2.24) is 10.3 Å². The number of fused-ring (bicyclic) bond motifs is 1. The second-order valence-corrected chi connectivity index (χ2v) is 22.9. The molecule has 0 aliphatic heterocycles. The van der Waals surface area contributed by atoms with E-state index >= 15 is 0 Å². The second kappa shape index (κ2) is 9.20. The van der Waals surface area contributed by atoms with E-state index in [1.165, 1.54) is 3.58 Å². The van der Waals surface area contributed by atoms with Crippen LogP contribution in [-0.2, 0) is 16.0 Å². The molecule has 0 saturated heterocycles. The number of nitrogens with one attached hydrogen (secondary N) is 2. The van der Waals surface area contributed by atoms with E-state index < -0.39 is 42.1 Å². The van der Waals surface area contributed by atoms with Gasteiger partial charge >= 0.3 is 188 Å². The molecule has 1 atom stereocenters. The largest absolute Gasteiger partial charge is 1.00 e. The van der Waals surface area contributed by atoms with Crippen LogP contribution in [0.15, 0.2) is 24.4 Å². The van der Waals surface area contributed by atoms with Crippen LogP contribution >= 0.6 is 0 Å². The molecule has 1 amide bonds. The van der Waals surface area contributed by atoms with Gasteiger partial charge in [0.15, 0.2) is 0 Å². The first-order valence-corrected chi connectivity index (χ1v) is 18.7. The summed E-state index contributed by atoms with van der Waals surface area (Å²) in [7, 11) is 0. The molecule has 0 saturated carbocycles. The summed E-state index contributed by atoms with van der Waals surface area (Å²) in [5.74, 6) is -1.34. The van der Waals surface area contributed by atoms with Crippen molar-refractivity contribution in [2.24, 2.45) is 0 Å². The number of carbonyl (C=O) groups is 2. The molecule has 8 heteroatoms. The number of aromatic nitrogens is 1. The summed E-state index contributed by atoms with van der Waals surface area (Å²) < 4.78 is 6.50. The Hall–Kier alpha value is -0.701. The van der Waals surface area contributed by atoms with E-state index in [0.29, 0.717) is 0 Å².